The van der Waals surface area contributed by atoms with E-state index in [4.69, 9.17) is 0 Å². The smallest absolute Gasteiger partial charge is 0.249 e. The number of hydrogen-bond donors (Lipinski definition) is 4. The van der Waals surface area contributed by atoms with Gasteiger partial charge in [-0.3, -0.25) is 4.79 Å². The van der Waals surface area contributed by atoms with E-state index in [9.17, 15) is 20.1 Å². The minimum Gasteiger partial charge on any atom is -0.394 e. The van der Waals surface area contributed by atoms with Gasteiger partial charge in [0.25, 0.3) is 0 Å². The highest BCUT2D eigenvalue weighted by Crippen LogP contribution is 2.14. The van der Waals surface area contributed by atoms with Gasteiger partial charge in [0, 0.05) is 0 Å². The van der Waals surface area contributed by atoms with Crippen LogP contribution < -0.4 is 5.32 Å². The summed E-state index contributed by atoms with van der Waals surface area (Å²) in [5.74, 6) is -0.519. The summed E-state index contributed by atoms with van der Waals surface area (Å²) >= 11 is 0. The van der Waals surface area contributed by atoms with Crippen LogP contribution in [0.1, 0.15) is 174 Å². The third-order valence-electron chi connectivity index (χ3n) is 8.21. The van der Waals surface area contributed by atoms with Gasteiger partial charge in [-0.2, -0.15) is 0 Å². The zero-order valence-corrected chi connectivity index (χ0v) is 28.3. The summed E-state index contributed by atoms with van der Waals surface area (Å²) in [6, 6.07) is -0.816. The number of unbranched alkanes of at least 4 members (excludes halogenated alkanes) is 20. The molecule has 0 radical (unpaired) electrons. The van der Waals surface area contributed by atoms with E-state index in [-0.39, 0.29) is 6.61 Å². The molecule has 0 aromatic rings. The first-order valence-corrected chi connectivity index (χ1v) is 18.3. The van der Waals surface area contributed by atoms with E-state index < -0.39 is 24.2 Å². The molecule has 43 heavy (non-hydrogen) atoms. The molecule has 0 aliphatic carbocycles. The van der Waals surface area contributed by atoms with Gasteiger partial charge in [0.15, 0.2) is 0 Å². The highest BCUT2D eigenvalue weighted by atomic mass is 16.3. The second-order valence-corrected chi connectivity index (χ2v) is 12.4. The van der Waals surface area contributed by atoms with E-state index in [0.29, 0.717) is 6.42 Å². The fraction of sp³-hybridized carbons (Fsp3) is 0.816. The normalized spacial score (nSPS) is 14.3. The number of aliphatic hydroxyl groups excluding tert-OH is 3. The molecule has 0 aromatic carbocycles. The standard InChI is InChI=1S/C38H71NO4/c1-3-5-7-9-11-13-15-17-18-19-21-23-25-27-29-31-33-37(42)38(43)39-35(34-40)36(41)32-30-28-26-24-22-20-16-14-12-10-8-6-4-2/h12,14,22,24,30,32,35-37,40-42H,3-11,13,15-21,23,25-29,31,33-34H2,1-2H3,(H,39,43)/b14-12+,24-22+,32-30+. The quantitative estimate of drug-likeness (QED) is 0.0454. The Morgan fingerprint density at radius 1 is 0.558 bits per heavy atom. The molecular weight excluding hydrogens is 534 g/mol. The van der Waals surface area contributed by atoms with Crippen LogP contribution in [-0.4, -0.2) is 46.1 Å². The number of carbonyl (C=O) groups is 1. The van der Waals surface area contributed by atoms with Gasteiger partial charge < -0.3 is 20.6 Å². The highest BCUT2D eigenvalue weighted by molar-refractivity contribution is 5.80. The Morgan fingerprint density at radius 2 is 0.953 bits per heavy atom. The van der Waals surface area contributed by atoms with Crippen molar-refractivity contribution in [2.24, 2.45) is 0 Å². The lowest BCUT2D eigenvalue weighted by atomic mass is 10.0. The van der Waals surface area contributed by atoms with Crippen molar-refractivity contribution >= 4 is 5.91 Å². The Hall–Kier alpha value is -1.43. The number of hydrogen-bond acceptors (Lipinski definition) is 4. The minimum absolute atomic E-state index is 0.380. The van der Waals surface area contributed by atoms with E-state index in [1.807, 2.05) is 6.08 Å². The number of amides is 1. The molecule has 252 valence electrons. The fourth-order valence-electron chi connectivity index (χ4n) is 5.27. The van der Waals surface area contributed by atoms with Crippen molar-refractivity contribution in [1.82, 2.24) is 5.32 Å². The van der Waals surface area contributed by atoms with E-state index in [1.165, 1.54) is 109 Å². The largest absolute Gasteiger partial charge is 0.394 e. The summed E-state index contributed by atoms with van der Waals surface area (Å²) in [7, 11) is 0. The molecule has 0 spiro atoms. The monoisotopic (exact) mass is 606 g/mol. The van der Waals surface area contributed by atoms with Crippen molar-refractivity contribution < 1.29 is 20.1 Å². The summed E-state index contributed by atoms with van der Waals surface area (Å²) < 4.78 is 0. The molecule has 5 heteroatoms. The molecule has 0 bridgehead atoms. The predicted molar refractivity (Wildman–Crippen MR) is 185 cm³/mol. The van der Waals surface area contributed by atoms with Gasteiger partial charge in [0.1, 0.15) is 6.10 Å². The Labute approximate surface area is 266 Å². The first-order valence-electron chi connectivity index (χ1n) is 18.3. The van der Waals surface area contributed by atoms with Crippen molar-refractivity contribution in [3.05, 3.63) is 36.5 Å². The molecular formula is C38H71NO4. The van der Waals surface area contributed by atoms with E-state index >= 15 is 0 Å². The van der Waals surface area contributed by atoms with Crippen LogP contribution >= 0.6 is 0 Å². The van der Waals surface area contributed by atoms with Gasteiger partial charge in [0.05, 0.1) is 18.8 Å². The highest BCUT2D eigenvalue weighted by Gasteiger charge is 2.22. The molecule has 0 saturated carbocycles. The lowest BCUT2D eigenvalue weighted by Gasteiger charge is -2.21. The molecule has 5 nitrogen and oxygen atoms in total. The van der Waals surface area contributed by atoms with Gasteiger partial charge in [0.2, 0.25) is 5.91 Å². The van der Waals surface area contributed by atoms with Gasteiger partial charge in [-0.1, -0.05) is 166 Å². The zero-order valence-electron chi connectivity index (χ0n) is 28.3. The molecule has 0 aliphatic heterocycles. The molecule has 3 unspecified atom stereocenters. The molecule has 3 atom stereocenters. The maximum absolute atomic E-state index is 12.4. The molecule has 0 aromatic heterocycles. The first-order chi connectivity index (χ1) is 21.1. The van der Waals surface area contributed by atoms with Gasteiger partial charge >= 0.3 is 0 Å². The average Bonchev–Trinajstić information content (AvgIpc) is 3.01. The lowest BCUT2D eigenvalue weighted by molar-refractivity contribution is -0.131. The Morgan fingerprint density at radius 3 is 1.42 bits per heavy atom. The summed E-state index contributed by atoms with van der Waals surface area (Å²) in [6.45, 7) is 4.11. The predicted octanol–water partition coefficient (Wildman–Crippen LogP) is 9.65. The van der Waals surface area contributed by atoms with Gasteiger partial charge in [-0.15, -0.1) is 0 Å². The Kier molecular flexibility index (Phi) is 32.3. The number of carbonyl (C=O) groups excluding carboxylic acids is 1. The van der Waals surface area contributed by atoms with Crippen molar-refractivity contribution in [3.63, 3.8) is 0 Å². The summed E-state index contributed by atoms with van der Waals surface area (Å²) in [4.78, 5) is 12.4. The molecule has 0 aliphatic rings. The number of nitrogens with one attached hydrogen (secondary N) is 1. The third kappa shape index (κ3) is 29.1. The summed E-state index contributed by atoms with van der Waals surface area (Å²) in [5, 5.41) is 32.9. The SMILES string of the molecule is CCCCC/C=C/CC/C=C/CC/C=C/C(O)C(CO)NC(=O)C(O)CCCCCCCCCCCCCCCCCC. The van der Waals surface area contributed by atoms with Crippen LogP contribution in [0.5, 0.6) is 0 Å². The van der Waals surface area contributed by atoms with Crippen molar-refractivity contribution in [2.45, 2.75) is 193 Å². The molecule has 0 heterocycles. The number of rotatable bonds is 32. The molecule has 0 rings (SSSR count). The molecule has 1 amide bonds. The molecule has 4 N–H and O–H groups in total. The van der Waals surface area contributed by atoms with Crippen molar-refractivity contribution in [2.75, 3.05) is 6.61 Å². The molecule has 0 saturated heterocycles. The number of aliphatic hydroxyl groups is 3. The summed E-state index contributed by atoms with van der Waals surface area (Å²) in [5.41, 5.74) is 0. The van der Waals surface area contributed by atoms with Crippen LogP contribution in [0, 0.1) is 0 Å². The van der Waals surface area contributed by atoms with Crippen LogP contribution in [0.4, 0.5) is 0 Å². The second kappa shape index (κ2) is 33.5. The minimum atomic E-state index is -1.10. The van der Waals surface area contributed by atoms with E-state index in [1.54, 1.807) is 6.08 Å². The summed E-state index contributed by atoms with van der Waals surface area (Å²) in [6.07, 6.45) is 40.1. The zero-order chi connectivity index (χ0) is 31.6. The van der Waals surface area contributed by atoms with Crippen LogP contribution in [0.3, 0.4) is 0 Å². The van der Waals surface area contributed by atoms with Crippen molar-refractivity contribution in [3.8, 4) is 0 Å². The fourth-order valence-corrected chi connectivity index (χ4v) is 5.27. The van der Waals surface area contributed by atoms with Crippen LogP contribution in [0.25, 0.3) is 0 Å². The maximum atomic E-state index is 12.4. The van der Waals surface area contributed by atoms with Crippen LogP contribution in [0.15, 0.2) is 36.5 Å². The average molecular weight is 606 g/mol. The Balaban J connectivity index is 3.79. The second-order valence-electron chi connectivity index (χ2n) is 12.4. The lowest BCUT2D eigenvalue weighted by Crippen LogP contribution is -2.48. The van der Waals surface area contributed by atoms with E-state index in [0.717, 1.165) is 44.9 Å². The maximum Gasteiger partial charge on any atom is 0.249 e. The first kappa shape index (κ1) is 41.6. The van der Waals surface area contributed by atoms with Crippen LogP contribution in [0.2, 0.25) is 0 Å². The van der Waals surface area contributed by atoms with Gasteiger partial charge in [-0.25, -0.2) is 0 Å². The van der Waals surface area contributed by atoms with Crippen molar-refractivity contribution in [1.29, 1.82) is 0 Å². The Bertz CT molecular complexity index is 675. The molecule has 0 fully saturated rings. The van der Waals surface area contributed by atoms with E-state index in [2.05, 4.69) is 43.5 Å². The van der Waals surface area contributed by atoms with Gasteiger partial charge in [-0.05, 0) is 44.9 Å². The topological polar surface area (TPSA) is 89.8 Å². The number of allylic oxidation sites excluding steroid dienone is 5. The third-order valence-corrected chi connectivity index (χ3v) is 8.21. The van der Waals surface area contributed by atoms with Crippen LogP contribution in [-0.2, 0) is 4.79 Å².